The number of amides is 1. The lowest BCUT2D eigenvalue weighted by Gasteiger charge is -2.32. The molecule has 2 unspecified atom stereocenters. The Labute approximate surface area is 161 Å². The number of nitrogens with zero attached hydrogens (tertiary/aromatic N) is 5. The van der Waals surface area contributed by atoms with E-state index in [1.165, 1.54) is 18.7 Å². The molecule has 28 heavy (non-hydrogen) atoms. The molecule has 1 fully saturated rings. The lowest BCUT2D eigenvalue weighted by Crippen LogP contribution is -2.51. The predicted molar refractivity (Wildman–Crippen MR) is 99.6 cm³/mol. The monoisotopic (exact) mass is 385 g/mol. The van der Waals surface area contributed by atoms with Crippen molar-refractivity contribution in [2.24, 2.45) is 26.8 Å². The fourth-order valence-electron chi connectivity index (χ4n) is 3.38. The van der Waals surface area contributed by atoms with Gasteiger partial charge in [-0.15, -0.1) is 5.84 Å². The largest absolute Gasteiger partial charge is 0.466 e. The first-order chi connectivity index (χ1) is 13.5. The molecule has 0 spiro atoms. The summed E-state index contributed by atoms with van der Waals surface area (Å²) in [5.74, 6) is 6.60. The van der Waals surface area contributed by atoms with E-state index in [2.05, 4.69) is 15.1 Å². The smallest absolute Gasteiger partial charge is 0.310 e. The molecule has 0 radical (unpaired) electrons. The van der Waals surface area contributed by atoms with E-state index in [1.54, 1.807) is 24.0 Å². The minimum absolute atomic E-state index is 0.162. The summed E-state index contributed by atoms with van der Waals surface area (Å²) in [7, 11) is 0. The molecule has 1 aromatic heterocycles. The van der Waals surface area contributed by atoms with Crippen molar-refractivity contribution in [1.82, 2.24) is 4.90 Å². The Morgan fingerprint density at radius 3 is 3.07 bits per heavy atom. The lowest BCUT2D eigenvalue weighted by atomic mass is 9.98. The van der Waals surface area contributed by atoms with Crippen LogP contribution < -0.4 is 5.84 Å². The van der Waals surface area contributed by atoms with Gasteiger partial charge in [-0.05, 0) is 41.7 Å². The fraction of sp³-hybridized carbons (Fsp3) is 0.389. The summed E-state index contributed by atoms with van der Waals surface area (Å²) >= 11 is 0. The first kappa shape index (κ1) is 18.3. The van der Waals surface area contributed by atoms with E-state index in [0.29, 0.717) is 43.5 Å². The number of likely N-dealkylation sites (tertiary alicyclic amines) is 1. The zero-order valence-corrected chi connectivity index (χ0v) is 15.4. The Balaban J connectivity index is 1.52. The Hall–Kier alpha value is -3.11. The molecule has 2 atom stereocenters. The molecule has 0 saturated carbocycles. The maximum Gasteiger partial charge on any atom is 0.310 e. The molecule has 3 aliphatic rings. The number of fused-ring (bicyclic) bond motifs is 1. The number of hydrogen-bond acceptors (Lipinski definition) is 8. The minimum Gasteiger partial charge on any atom is -0.466 e. The normalized spacial score (nSPS) is 26.3. The summed E-state index contributed by atoms with van der Waals surface area (Å²) in [6.45, 7) is 2.94. The molecule has 10 heteroatoms. The van der Waals surface area contributed by atoms with Crippen LogP contribution in [0.25, 0.3) is 0 Å². The highest BCUT2D eigenvalue weighted by Gasteiger charge is 2.42. The maximum absolute atomic E-state index is 12.9. The molecule has 3 aliphatic heterocycles. The van der Waals surface area contributed by atoms with Crippen molar-refractivity contribution in [2.75, 3.05) is 19.7 Å². The molecule has 0 aliphatic carbocycles. The summed E-state index contributed by atoms with van der Waals surface area (Å²) in [4.78, 5) is 35.1. The van der Waals surface area contributed by atoms with Crippen molar-refractivity contribution < 1.29 is 23.4 Å². The summed E-state index contributed by atoms with van der Waals surface area (Å²) in [6, 6.07) is 3.45. The molecule has 1 amide bonds. The van der Waals surface area contributed by atoms with Gasteiger partial charge in [0, 0.05) is 13.1 Å². The number of ether oxygens (including phenoxy) is 1. The van der Waals surface area contributed by atoms with Gasteiger partial charge in [-0.3, -0.25) is 9.59 Å². The highest BCUT2D eigenvalue weighted by Crippen LogP contribution is 2.24. The van der Waals surface area contributed by atoms with E-state index in [-0.39, 0.29) is 23.5 Å². The van der Waals surface area contributed by atoms with Crippen molar-refractivity contribution in [3.8, 4) is 0 Å². The topological polar surface area (TPSA) is 123 Å². The highest BCUT2D eigenvalue weighted by molar-refractivity contribution is 6.31. The van der Waals surface area contributed by atoms with Crippen LogP contribution in [0, 0.1) is 5.92 Å². The second kappa shape index (κ2) is 7.13. The van der Waals surface area contributed by atoms with E-state index >= 15 is 0 Å². The molecule has 4 heterocycles. The zero-order valence-electron chi connectivity index (χ0n) is 15.4. The molecular formula is C18H21N6O4+. The Morgan fingerprint density at radius 1 is 1.46 bits per heavy atom. The van der Waals surface area contributed by atoms with Crippen LogP contribution in [0.3, 0.4) is 0 Å². The number of furan rings is 1. The highest BCUT2D eigenvalue weighted by atomic mass is 16.5. The maximum atomic E-state index is 12.9. The van der Waals surface area contributed by atoms with Crippen molar-refractivity contribution in [1.29, 1.82) is 0 Å². The number of carbonyl (C=O) groups excluding carboxylic acids is 2. The number of piperidine rings is 1. The van der Waals surface area contributed by atoms with E-state index in [9.17, 15) is 9.59 Å². The van der Waals surface area contributed by atoms with Gasteiger partial charge in [0.05, 0.1) is 18.8 Å². The second-order valence-corrected chi connectivity index (χ2v) is 6.72. The number of aliphatic imine (C=N–C) groups is 2. The van der Waals surface area contributed by atoms with Gasteiger partial charge in [-0.1, -0.05) is 0 Å². The average molecular weight is 385 g/mol. The van der Waals surface area contributed by atoms with Crippen molar-refractivity contribution in [3.63, 3.8) is 0 Å². The van der Waals surface area contributed by atoms with E-state index in [1.807, 2.05) is 0 Å². The molecule has 0 bridgehead atoms. The van der Waals surface area contributed by atoms with E-state index in [4.69, 9.17) is 15.0 Å². The minimum atomic E-state index is -0.504. The van der Waals surface area contributed by atoms with Crippen LogP contribution in [0.2, 0.25) is 0 Å². The van der Waals surface area contributed by atoms with Gasteiger partial charge in [0.2, 0.25) is 0 Å². The van der Waals surface area contributed by atoms with Crippen LogP contribution in [0.15, 0.2) is 49.8 Å². The number of rotatable bonds is 4. The Bertz CT molecular complexity index is 917. The number of amidine groups is 2. The molecule has 10 nitrogen and oxygen atoms in total. The third kappa shape index (κ3) is 3.27. The third-order valence-electron chi connectivity index (χ3n) is 4.78. The Morgan fingerprint density at radius 2 is 2.32 bits per heavy atom. The summed E-state index contributed by atoms with van der Waals surface area (Å²) < 4.78 is 9.89. The van der Waals surface area contributed by atoms with Crippen LogP contribution in [0.5, 0.6) is 0 Å². The van der Waals surface area contributed by atoms with E-state index in [0.717, 1.165) is 6.42 Å². The fourth-order valence-corrected chi connectivity index (χ4v) is 3.38. The lowest BCUT2D eigenvalue weighted by molar-refractivity contribution is -0.803. The first-order valence-electron chi connectivity index (χ1n) is 9.13. The molecule has 1 aromatic rings. The standard InChI is InChI=1S/C18H21N6O4/c1-2-27-18(26)12-5-3-7-23(10-12)17(25)13-11-24(19)15(9-20-13)21-16(22-24)14-6-4-8-28-14/h4,6,8-9,11-12H,2-3,5,7,10,19H2,1H3/q+1. The number of hydrogen-bond donors (Lipinski definition) is 1. The molecule has 0 aromatic carbocycles. The molecule has 1 saturated heterocycles. The predicted octanol–water partition coefficient (Wildman–Crippen LogP) is 0.771. The molecule has 4 rings (SSSR count). The zero-order chi connectivity index (χ0) is 19.7. The van der Waals surface area contributed by atoms with Gasteiger partial charge >= 0.3 is 5.97 Å². The van der Waals surface area contributed by atoms with Crippen LogP contribution in [-0.4, -0.2) is 59.1 Å². The summed E-state index contributed by atoms with van der Waals surface area (Å²) in [5.41, 5.74) is 0.162. The van der Waals surface area contributed by atoms with Crippen molar-refractivity contribution in [3.05, 3.63) is 36.1 Å². The van der Waals surface area contributed by atoms with E-state index < -0.39 is 4.70 Å². The number of carbonyl (C=O) groups is 2. The SMILES string of the molecule is CCOC(=O)C1CCCN(C(=O)C2=C[N+]3(N)N=C(c4ccco4)N=C3C=N2)C1. The van der Waals surface area contributed by atoms with Gasteiger partial charge in [0.25, 0.3) is 17.6 Å². The number of quaternary nitrogens is 1. The quantitative estimate of drug-likeness (QED) is 0.466. The van der Waals surface area contributed by atoms with Crippen LogP contribution >= 0.6 is 0 Å². The number of esters is 1. The molecule has 146 valence electrons. The van der Waals surface area contributed by atoms with Crippen LogP contribution in [0.1, 0.15) is 25.5 Å². The summed E-state index contributed by atoms with van der Waals surface area (Å²) in [5, 5.41) is 4.35. The molecular weight excluding hydrogens is 364 g/mol. The van der Waals surface area contributed by atoms with Crippen LogP contribution in [-0.2, 0) is 14.3 Å². The van der Waals surface area contributed by atoms with Gasteiger partial charge in [0.15, 0.2) is 17.7 Å². The van der Waals surface area contributed by atoms with Gasteiger partial charge in [0.1, 0.15) is 6.21 Å². The number of nitrogens with two attached hydrogens (primary N) is 1. The average Bonchev–Trinajstić information content (AvgIpc) is 3.34. The van der Waals surface area contributed by atoms with Gasteiger partial charge in [-0.25, -0.2) is 4.99 Å². The summed E-state index contributed by atoms with van der Waals surface area (Å²) in [6.07, 6.45) is 5.83. The van der Waals surface area contributed by atoms with Gasteiger partial charge < -0.3 is 14.1 Å². The third-order valence-corrected chi connectivity index (χ3v) is 4.78. The van der Waals surface area contributed by atoms with Gasteiger partial charge in [-0.2, -0.15) is 4.99 Å². The van der Waals surface area contributed by atoms with Crippen molar-refractivity contribution in [2.45, 2.75) is 19.8 Å². The second-order valence-electron chi connectivity index (χ2n) is 6.72. The molecule has 2 N–H and O–H groups in total. The Kier molecular flexibility index (Phi) is 4.65. The first-order valence-corrected chi connectivity index (χ1v) is 9.13. The van der Waals surface area contributed by atoms with Crippen molar-refractivity contribution >= 4 is 29.8 Å². The van der Waals surface area contributed by atoms with Crippen LogP contribution in [0.4, 0.5) is 0 Å².